The number of benzene rings is 1. The van der Waals surface area contributed by atoms with Crippen molar-refractivity contribution in [2.75, 3.05) is 0 Å². The minimum atomic E-state index is -0.721. The van der Waals surface area contributed by atoms with Crippen LogP contribution in [0.1, 0.15) is 18.6 Å². The second-order valence-electron chi connectivity index (χ2n) is 2.76. The van der Waals surface area contributed by atoms with E-state index in [0.29, 0.717) is 0 Å². The van der Waals surface area contributed by atoms with Crippen molar-refractivity contribution in [3.05, 3.63) is 29.8 Å². The maximum absolute atomic E-state index is 9.33. The van der Waals surface area contributed by atoms with Crippen LogP contribution >= 0.6 is 0 Å². The van der Waals surface area contributed by atoms with E-state index in [1.165, 1.54) is 0 Å². The second kappa shape index (κ2) is 2.36. The largest absolute Gasteiger partial charge is 0.491 e. The van der Waals surface area contributed by atoms with Gasteiger partial charge in [-0.1, -0.05) is 24.3 Å². The molecule has 1 aromatic rings. The maximum Gasteiger partial charge on any atom is 0.491 e. The molecule has 0 aromatic heterocycles. The Kier molecular flexibility index (Phi) is 1.48. The summed E-state index contributed by atoms with van der Waals surface area (Å²) in [6, 6.07) is 7.74. The molecule has 2 rings (SSSR count). The Labute approximate surface area is 66.0 Å². The van der Waals surface area contributed by atoms with E-state index in [1.54, 1.807) is 0 Å². The van der Waals surface area contributed by atoms with Crippen molar-refractivity contribution in [3.8, 4) is 0 Å². The smallest absolute Gasteiger partial charge is 0.423 e. The highest BCUT2D eigenvalue weighted by Crippen LogP contribution is 2.21. The normalized spacial score (nSPS) is 22.0. The van der Waals surface area contributed by atoms with Crippen LogP contribution < -0.4 is 5.46 Å². The Morgan fingerprint density at radius 2 is 2.18 bits per heavy atom. The van der Waals surface area contributed by atoms with Crippen LogP contribution in [0, 0.1) is 0 Å². The summed E-state index contributed by atoms with van der Waals surface area (Å²) in [6.07, 6.45) is 0.0289. The van der Waals surface area contributed by atoms with Gasteiger partial charge >= 0.3 is 7.12 Å². The van der Waals surface area contributed by atoms with E-state index < -0.39 is 7.12 Å². The van der Waals surface area contributed by atoms with Crippen molar-refractivity contribution < 1.29 is 9.68 Å². The lowest BCUT2D eigenvalue weighted by Gasteiger charge is -2.02. The number of hydrogen-bond donors (Lipinski definition) is 1. The summed E-state index contributed by atoms with van der Waals surface area (Å²) >= 11 is 0. The van der Waals surface area contributed by atoms with Crippen LogP contribution in [0.4, 0.5) is 0 Å². The van der Waals surface area contributed by atoms with Gasteiger partial charge in [0.25, 0.3) is 0 Å². The monoisotopic (exact) mass is 148 g/mol. The molecular formula is C8H9BO2. The first kappa shape index (κ1) is 6.89. The van der Waals surface area contributed by atoms with Crippen molar-refractivity contribution in [2.24, 2.45) is 0 Å². The second-order valence-corrected chi connectivity index (χ2v) is 2.76. The van der Waals surface area contributed by atoms with Crippen molar-refractivity contribution in [2.45, 2.75) is 13.0 Å². The Morgan fingerprint density at radius 1 is 1.45 bits per heavy atom. The van der Waals surface area contributed by atoms with E-state index in [9.17, 15) is 5.02 Å². The van der Waals surface area contributed by atoms with Crippen LogP contribution in [-0.4, -0.2) is 12.1 Å². The fourth-order valence-electron chi connectivity index (χ4n) is 1.45. The molecule has 0 saturated heterocycles. The predicted molar refractivity (Wildman–Crippen MR) is 43.5 cm³/mol. The standard InChI is InChI=1S/C8H9BO2/c1-6-7-4-2-3-5-8(7)9(10)11-6/h2-6,10H,1H3. The molecule has 56 valence electrons. The van der Waals surface area contributed by atoms with Crippen LogP contribution in [-0.2, 0) is 4.65 Å². The number of fused-ring (bicyclic) bond motifs is 1. The first-order valence-electron chi connectivity index (χ1n) is 3.71. The molecule has 0 aliphatic carbocycles. The minimum absolute atomic E-state index is 0.0289. The summed E-state index contributed by atoms with van der Waals surface area (Å²) in [4.78, 5) is 0. The Morgan fingerprint density at radius 3 is 2.91 bits per heavy atom. The summed E-state index contributed by atoms with van der Waals surface area (Å²) in [7, 11) is -0.721. The lowest BCUT2D eigenvalue weighted by Crippen LogP contribution is -2.27. The predicted octanol–water partition coefficient (Wildman–Crippen LogP) is 0.465. The summed E-state index contributed by atoms with van der Waals surface area (Å²) in [5.41, 5.74) is 2.00. The lowest BCUT2D eigenvalue weighted by molar-refractivity contribution is 0.209. The van der Waals surface area contributed by atoms with Gasteiger partial charge in [0.1, 0.15) is 0 Å². The van der Waals surface area contributed by atoms with Crippen LogP contribution in [0.3, 0.4) is 0 Å². The van der Waals surface area contributed by atoms with E-state index in [0.717, 1.165) is 11.0 Å². The molecule has 1 unspecified atom stereocenters. The minimum Gasteiger partial charge on any atom is -0.423 e. The number of rotatable bonds is 0. The third-order valence-corrected chi connectivity index (χ3v) is 2.03. The zero-order chi connectivity index (χ0) is 7.84. The molecule has 3 heteroatoms. The number of hydrogen-bond acceptors (Lipinski definition) is 2. The molecule has 0 bridgehead atoms. The van der Waals surface area contributed by atoms with E-state index in [2.05, 4.69) is 0 Å². The van der Waals surface area contributed by atoms with E-state index >= 15 is 0 Å². The molecule has 1 aliphatic heterocycles. The first-order chi connectivity index (χ1) is 5.29. The van der Waals surface area contributed by atoms with Gasteiger partial charge in [-0.2, -0.15) is 0 Å². The van der Waals surface area contributed by atoms with Crippen molar-refractivity contribution in [1.82, 2.24) is 0 Å². The summed E-state index contributed by atoms with van der Waals surface area (Å²) in [6.45, 7) is 1.94. The highest BCUT2D eigenvalue weighted by Gasteiger charge is 2.31. The van der Waals surface area contributed by atoms with Crippen molar-refractivity contribution in [3.63, 3.8) is 0 Å². The zero-order valence-electron chi connectivity index (χ0n) is 6.32. The molecular weight excluding hydrogens is 139 g/mol. The highest BCUT2D eigenvalue weighted by molar-refractivity contribution is 6.61. The molecule has 0 saturated carbocycles. The molecule has 2 nitrogen and oxygen atoms in total. The van der Waals surface area contributed by atoms with Crippen LogP contribution in [0.15, 0.2) is 24.3 Å². The van der Waals surface area contributed by atoms with Gasteiger partial charge in [0.05, 0.1) is 6.10 Å². The van der Waals surface area contributed by atoms with Gasteiger partial charge in [-0.05, 0) is 17.9 Å². The fourth-order valence-corrected chi connectivity index (χ4v) is 1.45. The molecule has 0 fully saturated rings. The average Bonchev–Trinajstić information content (AvgIpc) is 2.30. The molecule has 0 radical (unpaired) electrons. The third-order valence-electron chi connectivity index (χ3n) is 2.03. The summed E-state index contributed by atoms with van der Waals surface area (Å²) in [5.74, 6) is 0. The molecule has 11 heavy (non-hydrogen) atoms. The zero-order valence-corrected chi connectivity index (χ0v) is 6.32. The van der Waals surface area contributed by atoms with Crippen LogP contribution in [0.2, 0.25) is 0 Å². The van der Waals surface area contributed by atoms with E-state index in [4.69, 9.17) is 4.65 Å². The topological polar surface area (TPSA) is 29.5 Å². The maximum atomic E-state index is 9.33. The van der Waals surface area contributed by atoms with Gasteiger partial charge in [-0.25, -0.2) is 0 Å². The Balaban J connectivity index is 2.52. The quantitative estimate of drug-likeness (QED) is 0.541. The van der Waals surface area contributed by atoms with Crippen LogP contribution in [0.5, 0.6) is 0 Å². The van der Waals surface area contributed by atoms with Gasteiger partial charge in [-0.3, -0.25) is 0 Å². The van der Waals surface area contributed by atoms with Crippen LogP contribution in [0.25, 0.3) is 0 Å². The van der Waals surface area contributed by atoms with Gasteiger partial charge in [-0.15, -0.1) is 0 Å². The average molecular weight is 148 g/mol. The van der Waals surface area contributed by atoms with Gasteiger partial charge < -0.3 is 9.68 Å². The Bertz CT molecular complexity index is 248. The lowest BCUT2D eigenvalue weighted by atomic mass is 9.79. The van der Waals surface area contributed by atoms with Gasteiger partial charge in [0.15, 0.2) is 0 Å². The Hall–Kier alpha value is -0.795. The van der Waals surface area contributed by atoms with Gasteiger partial charge in [0, 0.05) is 0 Å². The summed E-state index contributed by atoms with van der Waals surface area (Å²) in [5, 5.41) is 9.33. The molecule has 1 aliphatic rings. The van der Waals surface area contributed by atoms with Gasteiger partial charge in [0.2, 0.25) is 0 Å². The van der Waals surface area contributed by atoms with E-state index in [-0.39, 0.29) is 6.10 Å². The molecule has 1 N–H and O–H groups in total. The van der Waals surface area contributed by atoms with Crippen molar-refractivity contribution in [1.29, 1.82) is 0 Å². The van der Waals surface area contributed by atoms with Crippen molar-refractivity contribution >= 4 is 12.6 Å². The molecule has 0 amide bonds. The highest BCUT2D eigenvalue weighted by atomic mass is 16.5. The molecule has 1 aromatic carbocycles. The first-order valence-corrected chi connectivity index (χ1v) is 3.71. The summed E-state index contributed by atoms with van der Waals surface area (Å²) < 4.78 is 5.19. The van der Waals surface area contributed by atoms with E-state index in [1.807, 2.05) is 31.2 Å². The fraction of sp³-hybridized carbons (Fsp3) is 0.250. The molecule has 1 heterocycles. The third kappa shape index (κ3) is 0.969. The molecule has 0 spiro atoms. The SMILES string of the molecule is CC1OB(O)c2ccccc21. The molecule has 1 atom stereocenters.